The van der Waals surface area contributed by atoms with Crippen molar-refractivity contribution in [2.24, 2.45) is 0 Å². The number of hydrogen-bond donors (Lipinski definition) is 2. The largest absolute Gasteiger partial charge is 0.472 e. The topological polar surface area (TPSA) is 103 Å². The number of nitrogens with one attached hydrogen (secondary N) is 1. The molecular formula is C12H22NO7P. The zero-order valence-corrected chi connectivity index (χ0v) is 13.3. The highest BCUT2D eigenvalue weighted by Gasteiger charge is 2.61. The number of fused-ring (bicyclic) bond motifs is 2. The van der Waals surface area contributed by atoms with Crippen molar-refractivity contribution in [2.75, 3.05) is 20.8 Å². The summed E-state index contributed by atoms with van der Waals surface area (Å²) in [5.41, 5.74) is -0.873. The first-order valence-electron chi connectivity index (χ1n) is 6.91. The number of methoxy groups -OCH3 is 1. The summed E-state index contributed by atoms with van der Waals surface area (Å²) in [4.78, 5) is 21.5. The lowest BCUT2D eigenvalue weighted by atomic mass is 9.87. The third kappa shape index (κ3) is 3.16. The quantitative estimate of drug-likeness (QED) is 0.690. The maximum Gasteiger partial charge on any atom is 0.472 e. The molecule has 0 aromatic carbocycles. The van der Waals surface area contributed by atoms with Gasteiger partial charge >= 0.3 is 7.82 Å². The Bertz CT molecular complexity index is 445. The monoisotopic (exact) mass is 323 g/mol. The highest BCUT2D eigenvalue weighted by molar-refractivity contribution is 7.47. The third-order valence-corrected chi connectivity index (χ3v) is 5.12. The minimum Gasteiger partial charge on any atom is -0.379 e. The molecule has 1 aliphatic carbocycles. The lowest BCUT2D eigenvalue weighted by Crippen LogP contribution is -2.64. The van der Waals surface area contributed by atoms with Crippen molar-refractivity contribution in [3.8, 4) is 0 Å². The maximum atomic E-state index is 11.9. The van der Waals surface area contributed by atoms with E-state index in [4.69, 9.17) is 14.0 Å². The number of carbonyl (C=O) groups is 1. The standard InChI is InChI=1S/C12H22NO7P/c1-4-10(14)13-12-5-6-19-8(7-9(12)17-2)11(12)20-21(15,16)18-3/h8-9,11H,4-7H2,1-3H3,(H,13,14)(H,15,16)/t8-,9-,11?,12+/m1/s1. The Labute approximate surface area is 123 Å². The van der Waals surface area contributed by atoms with Crippen LogP contribution in [-0.2, 0) is 27.9 Å². The summed E-state index contributed by atoms with van der Waals surface area (Å²) >= 11 is 0. The Morgan fingerprint density at radius 1 is 1.52 bits per heavy atom. The van der Waals surface area contributed by atoms with Gasteiger partial charge in [0.05, 0.1) is 17.7 Å². The van der Waals surface area contributed by atoms with Gasteiger partial charge in [-0.15, -0.1) is 0 Å². The van der Waals surface area contributed by atoms with Gasteiger partial charge in [-0.1, -0.05) is 6.92 Å². The molecule has 2 fully saturated rings. The van der Waals surface area contributed by atoms with Gasteiger partial charge in [0.15, 0.2) is 0 Å². The van der Waals surface area contributed by atoms with Crippen molar-refractivity contribution in [1.29, 1.82) is 0 Å². The Morgan fingerprint density at radius 3 is 2.81 bits per heavy atom. The highest BCUT2D eigenvalue weighted by atomic mass is 31.2. The van der Waals surface area contributed by atoms with Gasteiger partial charge in [-0.05, 0) is 6.42 Å². The molecule has 21 heavy (non-hydrogen) atoms. The van der Waals surface area contributed by atoms with Crippen LogP contribution in [0.1, 0.15) is 26.2 Å². The lowest BCUT2D eigenvalue weighted by Gasteiger charge is -2.43. The Kier molecular flexibility index (Phi) is 5.07. The number of phosphoric ester groups is 1. The van der Waals surface area contributed by atoms with Crippen molar-refractivity contribution in [1.82, 2.24) is 5.32 Å². The second kappa shape index (κ2) is 6.32. The van der Waals surface area contributed by atoms with E-state index >= 15 is 0 Å². The fourth-order valence-electron chi connectivity index (χ4n) is 3.11. The van der Waals surface area contributed by atoms with E-state index in [0.29, 0.717) is 25.9 Å². The van der Waals surface area contributed by atoms with Crippen LogP contribution in [0.5, 0.6) is 0 Å². The fraction of sp³-hybridized carbons (Fsp3) is 0.917. The van der Waals surface area contributed by atoms with Gasteiger partial charge in [0, 0.05) is 33.7 Å². The lowest BCUT2D eigenvalue weighted by molar-refractivity contribution is -0.133. The van der Waals surface area contributed by atoms with E-state index in [-0.39, 0.29) is 12.0 Å². The molecule has 1 amide bonds. The molecule has 122 valence electrons. The SMILES string of the molecule is CCC(=O)N[C@@]12CCO[C@H](C[C@H]1OC)C2OP(=O)(O)OC. The average Bonchev–Trinajstić information content (AvgIpc) is 2.62. The molecule has 1 saturated carbocycles. The first kappa shape index (κ1) is 16.9. The molecule has 2 unspecified atom stereocenters. The van der Waals surface area contributed by atoms with E-state index < -0.39 is 25.6 Å². The van der Waals surface area contributed by atoms with Crippen LogP contribution < -0.4 is 5.32 Å². The van der Waals surface area contributed by atoms with Crippen LogP contribution in [0.2, 0.25) is 0 Å². The van der Waals surface area contributed by atoms with E-state index in [2.05, 4.69) is 9.84 Å². The summed E-state index contributed by atoms with van der Waals surface area (Å²) in [6, 6.07) is 0. The number of rotatable bonds is 6. The zero-order valence-electron chi connectivity index (χ0n) is 12.4. The number of phosphoric acid groups is 1. The second-order valence-corrected chi connectivity index (χ2v) is 6.75. The smallest absolute Gasteiger partial charge is 0.379 e. The molecule has 5 atom stereocenters. The van der Waals surface area contributed by atoms with E-state index in [0.717, 1.165) is 7.11 Å². The number of hydrogen-bond acceptors (Lipinski definition) is 6. The number of amides is 1. The molecule has 2 rings (SSSR count). The Balaban J connectivity index is 2.31. The molecule has 1 heterocycles. The van der Waals surface area contributed by atoms with Gasteiger partial charge in [-0.3, -0.25) is 13.8 Å². The van der Waals surface area contributed by atoms with E-state index in [1.807, 2.05) is 0 Å². The first-order valence-corrected chi connectivity index (χ1v) is 8.40. The van der Waals surface area contributed by atoms with E-state index in [1.54, 1.807) is 6.92 Å². The van der Waals surface area contributed by atoms with Crippen LogP contribution in [0.3, 0.4) is 0 Å². The molecule has 1 aliphatic heterocycles. The van der Waals surface area contributed by atoms with E-state index in [1.165, 1.54) is 7.11 Å². The van der Waals surface area contributed by atoms with Crippen LogP contribution in [-0.4, -0.2) is 55.5 Å². The molecule has 8 nitrogen and oxygen atoms in total. The molecule has 0 radical (unpaired) electrons. The maximum absolute atomic E-state index is 11.9. The van der Waals surface area contributed by atoms with Crippen molar-refractivity contribution in [2.45, 2.75) is 50.0 Å². The first-order chi connectivity index (χ1) is 9.88. The summed E-state index contributed by atoms with van der Waals surface area (Å²) in [5.74, 6) is -0.168. The van der Waals surface area contributed by atoms with Crippen LogP contribution in [0.4, 0.5) is 0 Å². The van der Waals surface area contributed by atoms with E-state index in [9.17, 15) is 14.3 Å². The molecule has 0 aromatic rings. The fourth-order valence-corrected chi connectivity index (χ4v) is 3.81. The summed E-state index contributed by atoms with van der Waals surface area (Å²) in [6.45, 7) is 2.17. The van der Waals surface area contributed by atoms with Crippen LogP contribution >= 0.6 is 7.82 Å². The molecule has 0 aromatic heterocycles. The van der Waals surface area contributed by atoms with Gasteiger partial charge in [0.1, 0.15) is 6.10 Å². The summed E-state index contributed by atoms with van der Waals surface area (Å²) in [6.07, 6.45) is -0.324. The molecule has 1 saturated heterocycles. The van der Waals surface area contributed by atoms with Gasteiger partial charge in [0.25, 0.3) is 0 Å². The average molecular weight is 323 g/mol. The molecule has 2 aliphatic rings. The molecular weight excluding hydrogens is 301 g/mol. The van der Waals surface area contributed by atoms with Crippen LogP contribution in [0, 0.1) is 0 Å². The summed E-state index contributed by atoms with van der Waals surface area (Å²) in [7, 11) is -1.56. The van der Waals surface area contributed by atoms with Gasteiger partial charge in [-0.2, -0.15) is 0 Å². The normalized spacial score (nSPS) is 38.0. The second-order valence-electron chi connectivity index (χ2n) is 5.24. The number of ether oxygens (including phenoxy) is 2. The Hall–Kier alpha value is -0.500. The highest BCUT2D eigenvalue weighted by Crippen LogP contribution is 2.52. The molecule has 2 bridgehead atoms. The molecule has 2 N–H and O–H groups in total. The van der Waals surface area contributed by atoms with Crippen LogP contribution in [0.25, 0.3) is 0 Å². The predicted molar refractivity (Wildman–Crippen MR) is 72.6 cm³/mol. The van der Waals surface area contributed by atoms with Crippen LogP contribution in [0.15, 0.2) is 0 Å². The third-order valence-electron chi connectivity index (χ3n) is 4.17. The summed E-state index contributed by atoms with van der Waals surface area (Å²) < 4.78 is 32.6. The number of carbonyl (C=O) groups excluding carboxylic acids is 1. The molecule has 0 spiro atoms. The van der Waals surface area contributed by atoms with Gasteiger partial charge < -0.3 is 19.7 Å². The minimum absolute atomic E-state index is 0.168. The Morgan fingerprint density at radius 2 is 2.24 bits per heavy atom. The minimum atomic E-state index is -4.19. The van der Waals surface area contributed by atoms with Crippen molar-refractivity contribution in [3.63, 3.8) is 0 Å². The van der Waals surface area contributed by atoms with Crippen molar-refractivity contribution >= 4 is 13.7 Å². The van der Waals surface area contributed by atoms with Crippen molar-refractivity contribution < 1.29 is 32.8 Å². The molecule has 9 heteroatoms. The van der Waals surface area contributed by atoms with Gasteiger partial charge in [-0.25, -0.2) is 4.57 Å². The van der Waals surface area contributed by atoms with Crippen molar-refractivity contribution in [3.05, 3.63) is 0 Å². The summed E-state index contributed by atoms with van der Waals surface area (Å²) in [5, 5.41) is 2.91. The zero-order chi connectivity index (χ0) is 15.7. The predicted octanol–water partition coefficient (Wildman–Crippen LogP) is 0.591. The van der Waals surface area contributed by atoms with Gasteiger partial charge in [0.2, 0.25) is 5.91 Å².